The average molecular weight is 374 g/mol. The molecule has 0 bridgehead atoms. The first kappa shape index (κ1) is 24.2. The van der Waals surface area contributed by atoms with Gasteiger partial charge in [-0.1, -0.05) is 0 Å². The molecule has 0 rings (SSSR count). The van der Waals surface area contributed by atoms with Crippen molar-refractivity contribution < 1.29 is 28.6 Å². The maximum atomic E-state index is 12.3. The van der Waals surface area contributed by atoms with Crippen LogP contribution >= 0.6 is 0 Å². The molecule has 8 nitrogen and oxygen atoms in total. The largest absolute Gasteiger partial charge is 0.466 e. The molecule has 0 aliphatic rings. The first-order valence-electron chi connectivity index (χ1n) is 8.91. The molecule has 1 atom stereocenters. The van der Waals surface area contributed by atoms with Crippen molar-refractivity contribution in [3.63, 3.8) is 0 Å². The van der Waals surface area contributed by atoms with E-state index in [0.29, 0.717) is 13.0 Å². The summed E-state index contributed by atoms with van der Waals surface area (Å²) in [5.74, 6) is -0.872. The van der Waals surface area contributed by atoms with Crippen LogP contribution in [0.25, 0.3) is 0 Å². The number of carbonyl (C=O) groups is 3. The Morgan fingerprint density at radius 2 is 1.62 bits per heavy atom. The van der Waals surface area contributed by atoms with E-state index in [-0.39, 0.29) is 25.5 Å². The number of nitrogens with one attached hydrogen (secondary N) is 2. The SMILES string of the molecule is CCOC(=O)CCCNC(=O)N[C@@H](COC(C)(C)C)C(=O)OC(C)(C)C. The molecule has 0 aliphatic heterocycles. The monoisotopic (exact) mass is 374 g/mol. The van der Waals surface area contributed by atoms with Crippen LogP contribution < -0.4 is 10.6 Å². The molecule has 152 valence electrons. The number of hydrogen-bond acceptors (Lipinski definition) is 6. The van der Waals surface area contributed by atoms with Crippen LogP contribution in [0.4, 0.5) is 4.79 Å². The molecular formula is C18H34N2O6. The van der Waals surface area contributed by atoms with Gasteiger partial charge in [0.1, 0.15) is 5.60 Å². The van der Waals surface area contributed by atoms with E-state index in [0.717, 1.165) is 0 Å². The number of esters is 2. The Balaban J connectivity index is 4.52. The maximum absolute atomic E-state index is 12.3. The van der Waals surface area contributed by atoms with Crippen LogP contribution in [0.1, 0.15) is 61.3 Å². The van der Waals surface area contributed by atoms with E-state index in [9.17, 15) is 14.4 Å². The van der Waals surface area contributed by atoms with Crippen molar-refractivity contribution in [2.45, 2.75) is 78.6 Å². The summed E-state index contributed by atoms with van der Waals surface area (Å²) in [5, 5.41) is 5.16. The summed E-state index contributed by atoms with van der Waals surface area (Å²) in [6.07, 6.45) is 0.665. The Morgan fingerprint density at radius 1 is 1.00 bits per heavy atom. The quantitative estimate of drug-likeness (QED) is 0.473. The van der Waals surface area contributed by atoms with Crippen molar-refractivity contribution >= 4 is 18.0 Å². The summed E-state index contributed by atoms with van der Waals surface area (Å²) in [7, 11) is 0. The lowest BCUT2D eigenvalue weighted by Crippen LogP contribution is -2.51. The number of carbonyl (C=O) groups excluding carboxylic acids is 3. The van der Waals surface area contributed by atoms with Gasteiger partial charge in [0.05, 0.1) is 18.8 Å². The molecule has 0 aromatic rings. The molecule has 8 heteroatoms. The molecule has 0 saturated heterocycles. The van der Waals surface area contributed by atoms with E-state index in [4.69, 9.17) is 14.2 Å². The highest BCUT2D eigenvalue weighted by atomic mass is 16.6. The Hall–Kier alpha value is -1.83. The molecule has 0 radical (unpaired) electrons. The molecule has 0 aromatic heterocycles. The third kappa shape index (κ3) is 13.5. The van der Waals surface area contributed by atoms with Crippen LogP contribution in [-0.2, 0) is 23.8 Å². The minimum atomic E-state index is -0.932. The van der Waals surface area contributed by atoms with Gasteiger partial charge in [-0.25, -0.2) is 9.59 Å². The zero-order valence-corrected chi connectivity index (χ0v) is 17.1. The van der Waals surface area contributed by atoms with Crippen molar-refractivity contribution in [2.24, 2.45) is 0 Å². The third-order valence-electron chi connectivity index (χ3n) is 2.83. The Kier molecular flexibility index (Phi) is 10.2. The minimum Gasteiger partial charge on any atom is -0.466 e. The zero-order chi connectivity index (χ0) is 20.4. The van der Waals surface area contributed by atoms with Crippen LogP contribution in [0.3, 0.4) is 0 Å². The van der Waals surface area contributed by atoms with Crippen molar-refractivity contribution in [1.82, 2.24) is 10.6 Å². The number of rotatable bonds is 9. The predicted molar refractivity (Wildman–Crippen MR) is 97.7 cm³/mol. The second-order valence-corrected chi connectivity index (χ2v) is 7.82. The molecular weight excluding hydrogens is 340 g/mol. The Bertz CT molecular complexity index is 465. The van der Waals surface area contributed by atoms with Crippen LogP contribution in [0.2, 0.25) is 0 Å². The van der Waals surface area contributed by atoms with Crippen LogP contribution in [0.15, 0.2) is 0 Å². The maximum Gasteiger partial charge on any atom is 0.331 e. The molecule has 0 spiro atoms. The summed E-state index contributed by atoms with van der Waals surface area (Å²) >= 11 is 0. The molecule has 0 saturated carbocycles. The van der Waals surface area contributed by atoms with Gasteiger partial charge < -0.3 is 24.8 Å². The normalized spacial score (nSPS) is 12.9. The minimum absolute atomic E-state index is 0.00530. The van der Waals surface area contributed by atoms with Crippen LogP contribution in [0, 0.1) is 0 Å². The number of ether oxygens (including phenoxy) is 3. The van der Waals surface area contributed by atoms with E-state index < -0.39 is 29.2 Å². The van der Waals surface area contributed by atoms with Crippen molar-refractivity contribution in [3.05, 3.63) is 0 Å². The van der Waals surface area contributed by atoms with Gasteiger partial charge in [0.25, 0.3) is 0 Å². The van der Waals surface area contributed by atoms with Gasteiger partial charge in [0.15, 0.2) is 6.04 Å². The third-order valence-corrected chi connectivity index (χ3v) is 2.83. The van der Waals surface area contributed by atoms with Crippen LogP contribution in [0.5, 0.6) is 0 Å². The highest BCUT2D eigenvalue weighted by molar-refractivity contribution is 5.83. The highest BCUT2D eigenvalue weighted by Gasteiger charge is 2.28. The summed E-state index contributed by atoms with van der Waals surface area (Å²) < 4.78 is 15.7. The Morgan fingerprint density at radius 3 is 2.12 bits per heavy atom. The fourth-order valence-electron chi connectivity index (χ4n) is 1.75. The van der Waals surface area contributed by atoms with Gasteiger partial charge in [-0.2, -0.15) is 0 Å². The van der Waals surface area contributed by atoms with Crippen molar-refractivity contribution in [2.75, 3.05) is 19.8 Å². The predicted octanol–water partition coefficient (Wildman–Crippen LogP) is 2.15. The van der Waals surface area contributed by atoms with Gasteiger partial charge in [-0.3, -0.25) is 4.79 Å². The van der Waals surface area contributed by atoms with Gasteiger partial charge in [0.2, 0.25) is 0 Å². The summed E-state index contributed by atoms with van der Waals surface area (Å²) in [6.45, 7) is 13.2. The standard InChI is InChI=1S/C18H34N2O6/c1-8-24-14(21)10-9-11-19-16(23)20-13(12-25-17(2,3)4)15(22)26-18(5,6)7/h13H,8-12H2,1-7H3,(H2,19,20,23)/t13-/m0/s1. The zero-order valence-electron chi connectivity index (χ0n) is 17.1. The van der Waals surface area contributed by atoms with Gasteiger partial charge in [-0.05, 0) is 54.9 Å². The fourth-order valence-corrected chi connectivity index (χ4v) is 1.75. The molecule has 0 heterocycles. The molecule has 2 N–H and O–H groups in total. The van der Waals surface area contributed by atoms with Gasteiger partial charge in [0, 0.05) is 13.0 Å². The van der Waals surface area contributed by atoms with E-state index in [1.807, 2.05) is 20.8 Å². The molecule has 0 aromatic carbocycles. The van der Waals surface area contributed by atoms with E-state index in [1.54, 1.807) is 27.7 Å². The van der Waals surface area contributed by atoms with Crippen molar-refractivity contribution in [3.8, 4) is 0 Å². The smallest absolute Gasteiger partial charge is 0.331 e. The average Bonchev–Trinajstić information content (AvgIpc) is 2.45. The number of hydrogen-bond donors (Lipinski definition) is 2. The lowest BCUT2D eigenvalue weighted by Gasteiger charge is -2.27. The summed E-state index contributed by atoms with van der Waals surface area (Å²) in [5.41, 5.74) is -1.13. The molecule has 0 aliphatic carbocycles. The van der Waals surface area contributed by atoms with Crippen molar-refractivity contribution in [1.29, 1.82) is 0 Å². The first-order chi connectivity index (χ1) is 11.8. The van der Waals surface area contributed by atoms with Gasteiger partial charge >= 0.3 is 18.0 Å². The Labute approximate surface area is 156 Å². The summed E-state index contributed by atoms with van der Waals surface area (Å²) in [4.78, 5) is 35.6. The highest BCUT2D eigenvalue weighted by Crippen LogP contribution is 2.11. The van der Waals surface area contributed by atoms with E-state index in [1.165, 1.54) is 0 Å². The second kappa shape index (κ2) is 11.0. The molecule has 2 amide bonds. The van der Waals surface area contributed by atoms with E-state index >= 15 is 0 Å². The number of amides is 2. The molecule has 0 fully saturated rings. The summed E-state index contributed by atoms with van der Waals surface area (Å²) in [6, 6.07) is -1.46. The van der Waals surface area contributed by atoms with E-state index in [2.05, 4.69) is 10.6 Å². The molecule has 26 heavy (non-hydrogen) atoms. The topological polar surface area (TPSA) is 103 Å². The van der Waals surface area contributed by atoms with Gasteiger partial charge in [-0.15, -0.1) is 0 Å². The molecule has 0 unspecified atom stereocenters. The second-order valence-electron chi connectivity index (χ2n) is 7.82. The lowest BCUT2D eigenvalue weighted by molar-refractivity contribution is -0.160. The fraction of sp³-hybridized carbons (Fsp3) is 0.833. The number of urea groups is 1. The van der Waals surface area contributed by atoms with Crippen LogP contribution in [-0.4, -0.2) is 55.0 Å². The lowest BCUT2D eigenvalue weighted by atomic mass is 10.1. The first-order valence-corrected chi connectivity index (χ1v) is 8.91.